The summed E-state index contributed by atoms with van der Waals surface area (Å²) < 4.78 is 5.76. The van der Waals surface area contributed by atoms with Crippen molar-refractivity contribution in [1.82, 2.24) is 0 Å². The number of hydrogen-bond acceptors (Lipinski definition) is 3. The first kappa shape index (κ1) is 16.6. The van der Waals surface area contributed by atoms with Gasteiger partial charge in [-0.15, -0.1) is 0 Å². The summed E-state index contributed by atoms with van der Waals surface area (Å²) in [7, 11) is 0. The van der Waals surface area contributed by atoms with E-state index in [9.17, 15) is 4.79 Å². The third-order valence-corrected chi connectivity index (χ3v) is 3.28. The van der Waals surface area contributed by atoms with Gasteiger partial charge in [0.2, 0.25) is 5.91 Å². The summed E-state index contributed by atoms with van der Waals surface area (Å²) in [6, 6.07) is 14.5. The Balaban J connectivity index is 2.06. The Kier molecular flexibility index (Phi) is 5.37. The van der Waals surface area contributed by atoms with Gasteiger partial charge in [-0.05, 0) is 60.9 Å². The number of ether oxygens (including phenoxy) is 1. The first-order chi connectivity index (χ1) is 11.0. The minimum atomic E-state index is 0.0175. The van der Waals surface area contributed by atoms with Crippen molar-refractivity contribution in [3.8, 4) is 17.6 Å². The zero-order chi connectivity index (χ0) is 16.8. The molecule has 0 aromatic heterocycles. The third-order valence-electron chi connectivity index (χ3n) is 3.28. The van der Waals surface area contributed by atoms with Crippen molar-refractivity contribution in [3.63, 3.8) is 0 Å². The molecule has 0 saturated heterocycles. The minimum Gasteiger partial charge on any atom is -0.457 e. The van der Waals surface area contributed by atoms with Crippen molar-refractivity contribution >= 4 is 11.6 Å². The minimum absolute atomic E-state index is 0.0175. The number of benzene rings is 2. The number of nitrogens with one attached hydrogen (secondary N) is 1. The van der Waals surface area contributed by atoms with Gasteiger partial charge in [-0.2, -0.15) is 5.26 Å². The zero-order valence-corrected chi connectivity index (χ0v) is 13.6. The topological polar surface area (TPSA) is 62.1 Å². The molecule has 4 nitrogen and oxygen atoms in total. The van der Waals surface area contributed by atoms with E-state index >= 15 is 0 Å². The number of nitrogens with zero attached hydrogens (tertiary/aromatic N) is 1. The van der Waals surface area contributed by atoms with Crippen LogP contribution in [0.1, 0.15) is 31.4 Å². The molecule has 1 amide bonds. The van der Waals surface area contributed by atoms with Crippen LogP contribution in [0.4, 0.5) is 5.69 Å². The van der Waals surface area contributed by atoms with E-state index in [1.165, 1.54) is 0 Å². The maximum Gasteiger partial charge on any atom is 0.224 e. The normalized spacial score (nSPS) is 10.2. The average molecular weight is 308 g/mol. The molecule has 1 N–H and O–H groups in total. The molecule has 23 heavy (non-hydrogen) atoms. The second kappa shape index (κ2) is 7.46. The van der Waals surface area contributed by atoms with Crippen molar-refractivity contribution in [2.45, 2.75) is 27.2 Å². The zero-order valence-electron chi connectivity index (χ0n) is 13.6. The lowest BCUT2D eigenvalue weighted by Gasteiger charge is -2.12. The van der Waals surface area contributed by atoms with Gasteiger partial charge in [-0.3, -0.25) is 4.79 Å². The maximum atomic E-state index is 11.8. The van der Waals surface area contributed by atoms with Gasteiger partial charge in [0.25, 0.3) is 0 Å². The molecule has 0 aliphatic rings. The second-order valence-electron chi connectivity index (χ2n) is 5.86. The Morgan fingerprint density at radius 3 is 2.39 bits per heavy atom. The molecule has 0 spiro atoms. The fraction of sp³-hybridized carbons (Fsp3) is 0.263. The van der Waals surface area contributed by atoms with Crippen LogP contribution in [-0.2, 0) is 4.79 Å². The van der Waals surface area contributed by atoms with E-state index in [4.69, 9.17) is 10.00 Å². The number of nitriles is 1. The summed E-state index contributed by atoms with van der Waals surface area (Å²) in [4.78, 5) is 11.8. The van der Waals surface area contributed by atoms with Crippen molar-refractivity contribution in [2.75, 3.05) is 5.32 Å². The summed E-state index contributed by atoms with van der Waals surface area (Å²) in [5.41, 5.74) is 2.33. The number of amides is 1. The van der Waals surface area contributed by atoms with Gasteiger partial charge in [0.15, 0.2) is 0 Å². The fourth-order valence-electron chi connectivity index (χ4n) is 2.15. The summed E-state index contributed by atoms with van der Waals surface area (Å²) in [6.45, 7) is 5.96. The average Bonchev–Trinajstić information content (AvgIpc) is 2.50. The fourth-order valence-corrected chi connectivity index (χ4v) is 2.15. The highest BCUT2D eigenvalue weighted by Gasteiger charge is 2.08. The Labute approximate surface area is 136 Å². The van der Waals surface area contributed by atoms with Gasteiger partial charge < -0.3 is 10.1 Å². The summed E-state index contributed by atoms with van der Waals surface area (Å²) in [5, 5.41) is 11.7. The molecular weight excluding hydrogens is 288 g/mol. The molecule has 0 unspecified atom stereocenters. The van der Waals surface area contributed by atoms with Gasteiger partial charge >= 0.3 is 0 Å². The summed E-state index contributed by atoms with van der Waals surface area (Å²) in [6.07, 6.45) is 0.503. The molecule has 4 heteroatoms. The van der Waals surface area contributed by atoms with Crippen LogP contribution in [0.2, 0.25) is 0 Å². The molecule has 2 rings (SSSR count). The van der Waals surface area contributed by atoms with Gasteiger partial charge in [0.1, 0.15) is 11.5 Å². The summed E-state index contributed by atoms with van der Waals surface area (Å²) in [5.74, 6) is 1.70. The molecule has 0 radical (unpaired) electrons. The van der Waals surface area contributed by atoms with Crippen LogP contribution in [-0.4, -0.2) is 5.91 Å². The van der Waals surface area contributed by atoms with Crippen molar-refractivity contribution < 1.29 is 9.53 Å². The molecule has 0 bridgehead atoms. The van der Waals surface area contributed by atoms with E-state index in [1.54, 1.807) is 24.3 Å². The number of carbonyl (C=O) groups excluding carboxylic acids is 1. The Bertz CT molecular complexity index is 728. The molecule has 0 atom stereocenters. The smallest absolute Gasteiger partial charge is 0.224 e. The van der Waals surface area contributed by atoms with Crippen molar-refractivity contribution in [2.24, 2.45) is 5.92 Å². The quantitative estimate of drug-likeness (QED) is 0.875. The lowest BCUT2D eigenvalue weighted by atomic mass is 10.1. The van der Waals surface area contributed by atoms with Crippen LogP contribution in [0.3, 0.4) is 0 Å². The Morgan fingerprint density at radius 1 is 1.17 bits per heavy atom. The monoisotopic (exact) mass is 308 g/mol. The van der Waals surface area contributed by atoms with Crippen LogP contribution >= 0.6 is 0 Å². The SMILES string of the molecule is Cc1cc(Oc2ccc(C#N)cc2)ccc1NC(=O)CC(C)C. The maximum absolute atomic E-state index is 11.8. The molecule has 2 aromatic rings. The highest BCUT2D eigenvalue weighted by Crippen LogP contribution is 2.26. The third kappa shape index (κ3) is 4.86. The molecule has 0 aliphatic heterocycles. The molecule has 118 valence electrons. The van der Waals surface area contributed by atoms with Crippen LogP contribution in [0.5, 0.6) is 11.5 Å². The van der Waals surface area contributed by atoms with E-state index in [1.807, 2.05) is 39.0 Å². The van der Waals surface area contributed by atoms with Crippen LogP contribution in [0.15, 0.2) is 42.5 Å². The standard InChI is InChI=1S/C19H20N2O2/c1-13(2)10-19(22)21-18-9-8-17(11-14(18)3)23-16-6-4-15(12-20)5-7-16/h4-9,11,13H,10H2,1-3H3,(H,21,22). The predicted octanol–water partition coefficient (Wildman–Crippen LogP) is 4.64. The Hall–Kier alpha value is -2.80. The summed E-state index contributed by atoms with van der Waals surface area (Å²) >= 11 is 0. The number of carbonyl (C=O) groups is 1. The van der Waals surface area contributed by atoms with Gasteiger partial charge in [0.05, 0.1) is 11.6 Å². The number of anilines is 1. The van der Waals surface area contributed by atoms with Gasteiger partial charge in [0, 0.05) is 12.1 Å². The van der Waals surface area contributed by atoms with E-state index in [0.717, 1.165) is 11.3 Å². The number of rotatable bonds is 5. The molecular formula is C19H20N2O2. The molecule has 0 saturated carbocycles. The second-order valence-corrected chi connectivity index (χ2v) is 5.86. The van der Waals surface area contributed by atoms with Gasteiger partial charge in [-0.25, -0.2) is 0 Å². The highest BCUT2D eigenvalue weighted by atomic mass is 16.5. The number of hydrogen-bond donors (Lipinski definition) is 1. The van der Waals surface area contributed by atoms with E-state index in [-0.39, 0.29) is 5.91 Å². The lowest BCUT2D eigenvalue weighted by Crippen LogP contribution is -2.14. The van der Waals surface area contributed by atoms with Crippen LogP contribution < -0.4 is 10.1 Å². The molecule has 0 aliphatic carbocycles. The molecule has 0 fully saturated rings. The van der Waals surface area contributed by atoms with E-state index < -0.39 is 0 Å². The molecule has 0 heterocycles. The highest BCUT2D eigenvalue weighted by molar-refractivity contribution is 5.91. The van der Waals surface area contributed by atoms with Gasteiger partial charge in [-0.1, -0.05) is 13.8 Å². The van der Waals surface area contributed by atoms with Crippen molar-refractivity contribution in [3.05, 3.63) is 53.6 Å². The Morgan fingerprint density at radius 2 is 1.83 bits per heavy atom. The largest absolute Gasteiger partial charge is 0.457 e. The molecule has 2 aromatic carbocycles. The first-order valence-corrected chi connectivity index (χ1v) is 7.56. The van der Waals surface area contributed by atoms with E-state index in [2.05, 4.69) is 11.4 Å². The van der Waals surface area contributed by atoms with Crippen LogP contribution in [0, 0.1) is 24.2 Å². The van der Waals surface area contributed by atoms with Crippen molar-refractivity contribution in [1.29, 1.82) is 5.26 Å². The van der Waals surface area contributed by atoms with Crippen LogP contribution in [0.25, 0.3) is 0 Å². The predicted molar refractivity (Wildman–Crippen MR) is 90.5 cm³/mol. The first-order valence-electron chi connectivity index (χ1n) is 7.56. The number of aryl methyl sites for hydroxylation is 1. The van der Waals surface area contributed by atoms with E-state index in [0.29, 0.717) is 29.4 Å². The lowest BCUT2D eigenvalue weighted by molar-refractivity contribution is -0.116.